The lowest BCUT2D eigenvalue weighted by molar-refractivity contribution is 0.0764. The highest BCUT2D eigenvalue weighted by atomic mass is 32.1. The van der Waals surface area contributed by atoms with Crippen LogP contribution >= 0.6 is 11.3 Å². The molecule has 0 aliphatic heterocycles. The van der Waals surface area contributed by atoms with Crippen molar-refractivity contribution in [1.82, 2.24) is 19.4 Å². The number of nitrogens with zero attached hydrogens (tertiary/aromatic N) is 3. The first kappa shape index (κ1) is 17.8. The van der Waals surface area contributed by atoms with Gasteiger partial charge in [0, 0.05) is 25.8 Å². The highest BCUT2D eigenvalue weighted by molar-refractivity contribution is 7.07. The number of aryl methyl sites for hydroxylation is 2. The highest BCUT2D eigenvalue weighted by Crippen LogP contribution is 2.18. The number of aromatic nitrogens is 3. The van der Waals surface area contributed by atoms with Gasteiger partial charge in [0.05, 0.1) is 10.9 Å². The second-order valence-electron chi connectivity index (χ2n) is 5.93. The van der Waals surface area contributed by atoms with Crippen LogP contribution in [0.3, 0.4) is 0 Å². The molecule has 1 amide bonds. The third-order valence-corrected chi connectivity index (χ3v) is 4.75. The number of nitrogens with one attached hydrogen (secondary N) is 1. The molecule has 0 fully saturated rings. The zero-order chi connectivity index (χ0) is 18.8. The van der Waals surface area contributed by atoms with E-state index in [1.807, 2.05) is 16.8 Å². The van der Waals surface area contributed by atoms with Gasteiger partial charge in [-0.1, -0.05) is 6.08 Å². The molecule has 0 saturated heterocycles. The number of hydrogen-bond donors (Lipinski definition) is 1. The van der Waals surface area contributed by atoms with Gasteiger partial charge < -0.3 is 4.90 Å². The number of pyridine rings is 1. The minimum Gasteiger partial charge on any atom is -0.331 e. The molecule has 1 N–H and O–H groups in total. The Kier molecular flexibility index (Phi) is 4.85. The summed E-state index contributed by atoms with van der Waals surface area (Å²) in [5.74, 6) is -0.309. The van der Waals surface area contributed by atoms with E-state index in [4.69, 9.17) is 0 Å². The minimum absolute atomic E-state index is 0.113. The van der Waals surface area contributed by atoms with Gasteiger partial charge in [-0.3, -0.25) is 19.1 Å². The summed E-state index contributed by atoms with van der Waals surface area (Å²) < 4.78 is 1.23. The molecule has 0 radical (unpaired) electrons. The van der Waals surface area contributed by atoms with Gasteiger partial charge in [0.15, 0.2) is 0 Å². The molecule has 26 heavy (non-hydrogen) atoms. The van der Waals surface area contributed by atoms with Crippen molar-refractivity contribution in [2.75, 3.05) is 6.54 Å². The smallest absolute Gasteiger partial charge is 0.329 e. The normalized spacial score (nSPS) is 10.8. The van der Waals surface area contributed by atoms with Crippen LogP contribution in [0.25, 0.3) is 11.0 Å². The van der Waals surface area contributed by atoms with Crippen LogP contribution in [0, 0.1) is 6.92 Å². The van der Waals surface area contributed by atoms with Crippen molar-refractivity contribution in [1.29, 1.82) is 0 Å². The van der Waals surface area contributed by atoms with Gasteiger partial charge >= 0.3 is 5.69 Å². The van der Waals surface area contributed by atoms with E-state index >= 15 is 0 Å². The summed E-state index contributed by atoms with van der Waals surface area (Å²) in [5.41, 5.74) is 0.781. The summed E-state index contributed by atoms with van der Waals surface area (Å²) in [6, 6.07) is 3.52. The molecular formula is C18H18N4O3S. The van der Waals surface area contributed by atoms with Crippen molar-refractivity contribution in [3.8, 4) is 0 Å². The van der Waals surface area contributed by atoms with Crippen molar-refractivity contribution in [2.45, 2.75) is 13.5 Å². The first-order valence-electron chi connectivity index (χ1n) is 7.94. The lowest BCUT2D eigenvalue weighted by Gasteiger charge is -2.21. The molecule has 8 heteroatoms. The molecule has 0 aromatic carbocycles. The molecule has 0 aliphatic rings. The molecule has 3 aromatic heterocycles. The van der Waals surface area contributed by atoms with Crippen LogP contribution in [0.2, 0.25) is 0 Å². The van der Waals surface area contributed by atoms with Crippen molar-refractivity contribution < 1.29 is 4.79 Å². The number of thiophene rings is 1. The molecule has 0 spiro atoms. The summed E-state index contributed by atoms with van der Waals surface area (Å²) in [7, 11) is 1.51. The first-order chi connectivity index (χ1) is 12.4. The second kappa shape index (κ2) is 7.09. The van der Waals surface area contributed by atoms with Crippen molar-refractivity contribution >= 4 is 28.3 Å². The maximum atomic E-state index is 13.2. The standard InChI is InChI=1S/C18H18N4O3S/c1-4-6-22(9-12-5-7-26-10-12)17(24)13-8-11(2)19-15-14(13)16(23)20-18(25)21(15)3/h4-5,7-8,10H,1,6,9H2,2-3H3,(H,20,23,25). The Bertz CT molecular complexity index is 1100. The van der Waals surface area contributed by atoms with Gasteiger partial charge in [0.2, 0.25) is 0 Å². The van der Waals surface area contributed by atoms with Crippen molar-refractivity contribution in [2.24, 2.45) is 7.05 Å². The van der Waals surface area contributed by atoms with E-state index in [9.17, 15) is 14.4 Å². The van der Waals surface area contributed by atoms with E-state index in [0.717, 1.165) is 5.56 Å². The predicted octanol–water partition coefficient (Wildman–Crippen LogP) is 1.82. The fraction of sp³-hybridized carbons (Fsp3) is 0.222. The Balaban J connectivity index is 2.17. The fourth-order valence-corrected chi connectivity index (χ4v) is 3.44. The Hall–Kier alpha value is -3.00. The molecule has 3 heterocycles. The molecule has 7 nitrogen and oxygen atoms in total. The third-order valence-electron chi connectivity index (χ3n) is 4.02. The largest absolute Gasteiger partial charge is 0.331 e. The zero-order valence-corrected chi connectivity index (χ0v) is 15.3. The van der Waals surface area contributed by atoms with Gasteiger partial charge in [-0.15, -0.1) is 6.58 Å². The molecule has 134 valence electrons. The molecule has 3 aromatic rings. The Morgan fingerprint density at radius 2 is 2.23 bits per heavy atom. The second-order valence-corrected chi connectivity index (χ2v) is 6.71. The number of carbonyl (C=O) groups is 1. The van der Waals surface area contributed by atoms with Crippen LogP contribution in [0.1, 0.15) is 21.6 Å². The van der Waals surface area contributed by atoms with Crippen molar-refractivity contribution in [3.05, 3.63) is 73.2 Å². The molecule has 0 unspecified atom stereocenters. The third kappa shape index (κ3) is 3.23. The van der Waals surface area contributed by atoms with E-state index in [1.54, 1.807) is 35.3 Å². The lowest BCUT2D eigenvalue weighted by atomic mass is 10.1. The highest BCUT2D eigenvalue weighted by Gasteiger charge is 2.22. The maximum absolute atomic E-state index is 13.2. The van der Waals surface area contributed by atoms with E-state index in [1.165, 1.54) is 11.6 Å². The zero-order valence-electron chi connectivity index (χ0n) is 14.5. The van der Waals surface area contributed by atoms with Gasteiger partial charge in [-0.2, -0.15) is 11.3 Å². The number of H-pyrrole nitrogens is 1. The monoisotopic (exact) mass is 370 g/mol. The summed E-state index contributed by atoms with van der Waals surface area (Å²) >= 11 is 1.55. The topological polar surface area (TPSA) is 88.1 Å². The fourth-order valence-electron chi connectivity index (χ4n) is 2.78. The van der Waals surface area contributed by atoms with E-state index in [2.05, 4.69) is 16.5 Å². The number of fused-ring (bicyclic) bond motifs is 1. The van der Waals surface area contributed by atoms with Crippen LogP contribution in [0.5, 0.6) is 0 Å². The van der Waals surface area contributed by atoms with Gasteiger partial charge in [0.25, 0.3) is 11.5 Å². The van der Waals surface area contributed by atoms with Crippen LogP contribution in [0.15, 0.2) is 45.1 Å². The SMILES string of the molecule is C=CCN(Cc1ccsc1)C(=O)c1cc(C)nc2c1c(=O)[nH]c(=O)n2C. The van der Waals surface area contributed by atoms with E-state index in [0.29, 0.717) is 18.8 Å². The van der Waals surface area contributed by atoms with E-state index in [-0.39, 0.29) is 22.5 Å². The molecule has 0 saturated carbocycles. The van der Waals surface area contributed by atoms with Crippen molar-refractivity contribution in [3.63, 3.8) is 0 Å². The number of carbonyl (C=O) groups excluding carboxylic acids is 1. The van der Waals surface area contributed by atoms with Crippen LogP contribution in [0.4, 0.5) is 0 Å². The summed E-state index contributed by atoms with van der Waals surface area (Å²) in [5, 5.41) is 4.02. The van der Waals surface area contributed by atoms with E-state index < -0.39 is 11.2 Å². The maximum Gasteiger partial charge on any atom is 0.329 e. The number of aromatic amines is 1. The van der Waals surface area contributed by atoms with Crippen LogP contribution in [-0.2, 0) is 13.6 Å². The lowest BCUT2D eigenvalue weighted by Crippen LogP contribution is -2.34. The van der Waals surface area contributed by atoms with Gasteiger partial charge in [0.1, 0.15) is 5.65 Å². The number of hydrogen-bond acceptors (Lipinski definition) is 5. The first-order valence-corrected chi connectivity index (χ1v) is 8.88. The minimum atomic E-state index is -0.618. The van der Waals surface area contributed by atoms with Gasteiger partial charge in [-0.25, -0.2) is 9.78 Å². The Morgan fingerprint density at radius 3 is 2.88 bits per heavy atom. The average Bonchev–Trinajstić information content (AvgIpc) is 3.11. The van der Waals surface area contributed by atoms with Gasteiger partial charge in [-0.05, 0) is 35.4 Å². The summed E-state index contributed by atoms with van der Waals surface area (Å²) in [6.45, 7) is 6.17. The molecule has 3 rings (SSSR count). The Labute approximate surface area is 153 Å². The van der Waals surface area contributed by atoms with Crippen LogP contribution in [-0.4, -0.2) is 31.9 Å². The Morgan fingerprint density at radius 1 is 1.46 bits per heavy atom. The summed E-state index contributed by atoms with van der Waals surface area (Å²) in [6.07, 6.45) is 1.64. The predicted molar refractivity (Wildman–Crippen MR) is 102 cm³/mol. The number of amides is 1. The molecule has 0 bridgehead atoms. The average molecular weight is 370 g/mol. The quantitative estimate of drug-likeness (QED) is 0.694. The summed E-state index contributed by atoms with van der Waals surface area (Å²) in [4.78, 5) is 45.5. The molecular weight excluding hydrogens is 352 g/mol. The number of rotatable bonds is 5. The molecule has 0 atom stereocenters. The van der Waals surface area contributed by atoms with Crippen LogP contribution < -0.4 is 11.2 Å². The molecule has 0 aliphatic carbocycles.